The van der Waals surface area contributed by atoms with Crippen molar-refractivity contribution < 1.29 is 18.0 Å². The van der Waals surface area contributed by atoms with Crippen LogP contribution in [0.25, 0.3) is 0 Å². The van der Waals surface area contributed by atoms with E-state index in [9.17, 15) is 18.0 Å². The van der Waals surface area contributed by atoms with Crippen LogP contribution in [0.2, 0.25) is 0 Å². The molecule has 108 valence electrons. The van der Waals surface area contributed by atoms with Gasteiger partial charge in [-0.2, -0.15) is 23.3 Å². The van der Waals surface area contributed by atoms with Crippen molar-refractivity contribution in [1.29, 1.82) is 0 Å². The van der Waals surface area contributed by atoms with E-state index in [-0.39, 0.29) is 23.6 Å². The highest BCUT2D eigenvalue weighted by atomic mass is 19.4. The molecule has 0 N–H and O–H groups in total. The minimum Gasteiger partial charge on any atom is -0.272 e. The van der Waals surface area contributed by atoms with Crippen LogP contribution in [0.5, 0.6) is 0 Å². The van der Waals surface area contributed by atoms with Gasteiger partial charge < -0.3 is 0 Å². The maximum atomic E-state index is 12.4. The second kappa shape index (κ2) is 4.57. The van der Waals surface area contributed by atoms with Crippen LogP contribution in [0.15, 0.2) is 23.4 Å². The number of pyridine rings is 1. The quantitative estimate of drug-likeness (QED) is 0.795. The molecule has 0 aromatic carbocycles. The molecule has 1 amide bonds. The Morgan fingerprint density at radius 1 is 1.20 bits per heavy atom. The summed E-state index contributed by atoms with van der Waals surface area (Å²) >= 11 is 0. The van der Waals surface area contributed by atoms with Gasteiger partial charge >= 0.3 is 6.18 Å². The summed E-state index contributed by atoms with van der Waals surface area (Å²) in [5.74, 6) is -0.190. The van der Waals surface area contributed by atoms with Crippen molar-refractivity contribution >= 4 is 17.4 Å². The van der Waals surface area contributed by atoms with Gasteiger partial charge in [-0.15, -0.1) is 0 Å². The predicted octanol–water partition coefficient (Wildman–Crippen LogP) is 3.24. The van der Waals surface area contributed by atoms with Gasteiger partial charge in [0.05, 0.1) is 17.7 Å². The highest BCUT2D eigenvalue weighted by molar-refractivity contribution is 6.14. The van der Waals surface area contributed by atoms with Crippen molar-refractivity contribution in [2.24, 2.45) is 10.5 Å². The first-order valence-electron chi connectivity index (χ1n) is 6.03. The molecule has 1 aliphatic rings. The average molecular weight is 285 g/mol. The SMILES string of the molecule is CC(C)(C)C1=NN(c2ccc(C(F)(F)F)cn2)C(=O)C1. The van der Waals surface area contributed by atoms with Gasteiger partial charge in [0, 0.05) is 11.6 Å². The van der Waals surface area contributed by atoms with Crippen LogP contribution in [0.3, 0.4) is 0 Å². The Balaban J connectivity index is 2.29. The zero-order valence-corrected chi connectivity index (χ0v) is 11.3. The van der Waals surface area contributed by atoms with Gasteiger partial charge in [-0.1, -0.05) is 20.8 Å². The topological polar surface area (TPSA) is 45.6 Å². The highest BCUT2D eigenvalue weighted by Gasteiger charge is 2.34. The van der Waals surface area contributed by atoms with Gasteiger partial charge in [0.25, 0.3) is 5.91 Å². The maximum absolute atomic E-state index is 12.4. The van der Waals surface area contributed by atoms with Gasteiger partial charge in [-0.05, 0) is 12.1 Å². The number of amides is 1. The van der Waals surface area contributed by atoms with Crippen LogP contribution in [0, 0.1) is 5.41 Å². The molecule has 0 radical (unpaired) electrons. The fraction of sp³-hybridized carbons (Fsp3) is 0.462. The lowest BCUT2D eigenvalue weighted by Crippen LogP contribution is -2.21. The zero-order valence-electron chi connectivity index (χ0n) is 11.3. The number of carbonyl (C=O) groups excluding carboxylic acids is 1. The van der Waals surface area contributed by atoms with Gasteiger partial charge in [0.1, 0.15) is 0 Å². The Hall–Kier alpha value is -1.92. The smallest absolute Gasteiger partial charge is 0.272 e. The molecule has 0 unspecified atom stereocenters. The Bertz CT molecular complexity index is 556. The minimum absolute atomic E-state index is 0.0993. The molecule has 0 saturated heterocycles. The van der Waals surface area contributed by atoms with Crippen molar-refractivity contribution in [2.45, 2.75) is 33.4 Å². The number of alkyl halides is 3. The van der Waals surface area contributed by atoms with Crippen LogP contribution >= 0.6 is 0 Å². The number of hydrogen-bond acceptors (Lipinski definition) is 3. The Kier molecular flexibility index (Phi) is 3.31. The second-order valence-corrected chi connectivity index (χ2v) is 5.58. The summed E-state index contributed by atoms with van der Waals surface area (Å²) in [4.78, 5) is 15.5. The molecule has 1 aromatic heterocycles. The molecule has 0 aliphatic carbocycles. The first-order valence-corrected chi connectivity index (χ1v) is 6.03. The second-order valence-electron chi connectivity index (χ2n) is 5.58. The van der Waals surface area contributed by atoms with Gasteiger partial charge in [0.15, 0.2) is 5.82 Å². The largest absolute Gasteiger partial charge is 0.417 e. The van der Waals surface area contributed by atoms with Crippen molar-refractivity contribution in [3.63, 3.8) is 0 Å². The number of carbonyl (C=O) groups is 1. The van der Waals surface area contributed by atoms with E-state index >= 15 is 0 Å². The molecule has 20 heavy (non-hydrogen) atoms. The van der Waals surface area contributed by atoms with Crippen LogP contribution in [-0.4, -0.2) is 16.6 Å². The van der Waals surface area contributed by atoms with E-state index < -0.39 is 11.7 Å². The van der Waals surface area contributed by atoms with Crippen LogP contribution < -0.4 is 5.01 Å². The molecule has 0 fully saturated rings. The fourth-order valence-corrected chi connectivity index (χ4v) is 1.70. The molecule has 7 heteroatoms. The molecule has 0 saturated carbocycles. The summed E-state index contributed by atoms with van der Waals surface area (Å²) in [6, 6.07) is 2.04. The van der Waals surface area contributed by atoms with Crippen molar-refractivity contribution in [1.82, 2.24) is 4.98 Å². The number of anilines is 1. The number of aromatic nitrogens is 1. The molecule has 4 nitrogen and oxygen atoms in total. The third-order valence-corrected chi connectivity index (χ3v) is 2.93. The lowest BCUT2D eigenvalue weighted by atomic mass is 9.88. The molecule has 2 heterocycles. The lowest BCUT2D eigenvalue weighted by Gasteiger charge is -2.16. The number of nitrogens with zero attached hydrogens (tertiary/aromatic N) is 3. The number of halogens is 3. The van der Waals surface area contributed by atoms with Gasteiger partial charge in [-0.3, -0.25) is 4.79 Å². The first-order chi connectivity index (χ1) is 9.09. The van der Waals surface area contributed by atoms with Gasteiger partial charge in [-0.25, -0.2) is 4.98 Å². The predicted molar refractivity (Wildman–Crippen MR) is 68.2 cm³/mol. The van der Waals surface area contributed by atoms with E-state index in [1.165, 1.54) is 0 Å². The summed E-state index contributed by atoms with van der Waals surface area (Å²) in [5, 5.41) is 5.22. The van der Waals surface area contributed by atoms with Gasteiger partial charge in [0.2, 0.25) is 0 Å². The Labute approximate surface area is 114 Å². The number of hydrogen-bond donors (Lipinski definition) is 0. The van der Waals surface area contributed by atoms with Crippen LogP contribution in [0.4, 0.5) is 19.0 Å². The van der Waals surface area contributed by atoms with Crippen LogP contribution in [0.1, 0.15) is 32.8 Å². The molecular formula is C13H14F3N3O. The fourth-order valence-electron chi connectivity index (χ4n) is 1.70. The Morgan fingerprint density at radius 2 is 1.85 bits per heavy atom. The third-order valence-electron chi connectivity index (χ3n) is 2.93. The van der Waals surface area contributed by atoms with Crippen molar-refractivity contribution in [2.75, 3.05) is 5.01 Å². The maximum Gasteiger partial charge on any atom is 0.417 e. The highest BCUT2D eigenvalue weighted by Crippen LogP contribution is 2.31. The van der Waals surface area contributed by atoms with E-state index in [2.05, 4.69) is 10.1 Å². The van der Waals surface area contributed by atoms with E-state index in [1.54, 1.807) is 0 Å². The molecule has 0 bridgehead atoms. The molecule has 1 aliphatic heterocycles. The molecule has 1 aromatic rings. The summed E-state index contributed by atoms with van der Waals surface area (Å²) in [6.07, 6.45) is -3.58. The first kappa shape index (κ1) is 14.5. The average Bonchev–Trinajstić information content (AvgIpc) is 2.70. The molecule has 0 atom stereocenters. The normalized spacial score (nSPS) is 16.6. The summed E-state index contributed by atoms with van der Waals surface area (Å²) in [5.41, 5.74) is -0.437. The molecule has 0 spiro atoms. The standard InChI is InChI=1S/C13H14F3N3O/c1-12(2,3)9-6-11(20)19(18-9)10-5-4-8(7-17-10)13(14,15)16/h4-5,7H,6H2,1-3H3. The summed E-state index contributed by atoms with van der Waals surface area (Å²) in [6.45, 7) is 5.76. The van der Waals surface area contributed by atoms with E-state index in [0.717, 1.165) is 17.1 Å². The van der Waals surface area contributed by atoms with E-state index in [1.807, 2.05) is 20.8 Å². The molecular weight excluding hydrogens is 271 g/mol. The number of rotatable bonds is 1. The van der Waals surface area contributed by atoms with Crippen molar-refractivity contribution in [3.8, 4) is 0 Å². The van der Waals surface area contributed by atoms with E-state index in [0.29, 0.717) is 11.9 Å². The third kappa shape index (κ3) is 2.81. The summed E-state index contributed by atoms with van der Waals surface area (Å²) in [7, 11) is 0. The van der Waals surface area contributed by atoms with E-state index in [4.69, 9.17) is 0 Å². The number of hydrazone groups is 1. The zero-order chi connectivity index (χ0) is 15.1. The lowest BCUT2D eigenvalue weighted by molar-refractivity contribution is -0.137. The summed E-state index contributed by atoms with van der Waals surface area (Å²) < 4.78 is 37.3. The molecule has 2 rings (SSSR count). The Morgan fingerprint density at radius 3 is 2.25 bits per heavy atom. The monoisotopic (exact) mass is 285 g/mol. The minimum atomic E-state index is -4.44. The van der Waals surface area contributed by atoms with Crippen molar-refractivity contribution in [3.05, 3.63) is 23.9 Å². The van der Waals surface area contributed by atoms with Crippen LogP contribution in [-0.2, 0) is 11.0 Å².